The number of halogens is 3. The van der Waals surface area contributed by atoms with Gasteiger partial charge in [0.05, 0.1) is 12.0 Å². The molecule has 1 aromatic carbocycles. The van der Waals surface area contributed by atoms with E-state index in [1.54, 1.807) is 6.07 Å². The van der Waals surface area contributed by atoms with Crippen molar-refractivity contribution in [3.63, 3.8) is 0 Å². The Balaban J connectivity index is 2.08. The number of carbonyl (C=O) groups excluding carboxylic acids is 1. The first-order valence-corrected chi connectivity index (χ1v) is 8.33. The molecule has 7 heteroatoms. The topological polar surface area (TPSA) is 66.4 Å². The van der Waals surface area contributed by atoms with E-state index in [9.17, 15) is 22.8 Å². The van der Waals surface area contributed by atoms with Gasteiger partial charge >= 0.3 is 12.1 Å². The van der Waals surface area contributed by atoms with Crippen LogP contribution in [0.3, 0.4) is 0 Å². The summed E-state index contributed by atoms with van der Waals surface area (Å²) in [6.45, 7) is 3.62. The number of nitrogens with one attached hydrogen (secondary N) is 1. The summed E-state index contributed by atoms with van der Waals surface area (Å²) >= 11 is 0. The van der Waals surface area contributed by atoms with Crippen LogP contribution in [-0.2, 0) is 15.8 Å². The van der Waals surface area contributed by atoms with E-state index >= 15 is 0 Å². The first-order valence-electron chi connectivity index (χ1n) is 8.33. The summed E-state index contributed by atoms with van der Waals surface area (Å²) in [7, 11) is 0. The summed E-state index contributed by atoms with van der Waals surface area (Å²) in [6, 6.07) is 5.03. The summed E-state index contributed by atoms with van der Waals surface area (Å²) in [5, 5.41) is 11.9. The highest BCUT2D eigenvalue weighted by molar-refractivity contribution is 5.84. The van der Waals surface area contributed by atoms with Crippen LogP contribution in [-0.4, -0.2) is 22.5 Å². The van der Waals surface area contributed by atoms with E-state index in [4.69, 9.17) is 5.11 Å². The number of amides is 1. The highest BCUT2D eigenvalue weighted by Crippen LogP contribution is 2.48. The maximum atomic E-state index is 12.8. The molecule has 2 atom stereocenters. The average Bonchev–Trinajstić information content (AvgIpc) is 3.34. The van der Waals surface area contributed by atoms with Crippen molar-refractivity contribution in [2.24, 2.45) is 5.92 Å². The fourth-order valence-corrected chi connectivity index (χ4v) is 3.16. The molecule has 1 amide bonds. The van der Waals surface area contributed by atoms with Crippen molar-refractivity contribution in [1.29, 1.82) is 0 Å². The Morgan fingerprint density at radius 2 is 1.88 bits per heavy atom. The zero-order valence-corrected chi connectivity index (χ0v) is 14.2. The molecule has 2 N–H and O–H groups in total. The third-order valence-electron chi connectivity index (χ3n) is 5.00. The smallest absolute Gasteiger partial charge is 0.416 e. The second-order valence-electron chi connectivity index (χ2n) is 6.62. The van der Waals surface area contributed by atoms with Crippen molar-refractivity contribution < 1.29 is 27.9 Å². The van der Waals surface area contributed by atoms with Crippen molar-refractivity contribution in [1.82, 2.24) is 5.32 Å². The molecule has 2 unspecified atom stereocenters. The third-order valence-corrected chi connectivity index (χ3v) is 5.00. The SMILES string of the molecule is CCC(CC)(CC(=O)O)NC(=O)C1CC1c1cccc(C(F)(F)F)c1. The van der Waals surface area contributed by atoms with Crippen LogP contribution in [0, 0.1) is 5.92 Å². The quantitative estimate of drug-likeness (QED) is 0.776. The number of hydrogen-bond acceptors (Lipinski definition) is 2. The summed E-state index contributed by atoms with van der Waals surface area (Å²) in [5.41, 5.74) is -1.05. The zero-order valence-electron chi connectivity index (χ0n) is 14.2. The average molecular weight is 357 g/mol. The number of benzene rings is 1. The lowest BCUT2D eigenvalue weighted by Crippen LogP contribution is -2.49. The minimum absolute atomic E-state index is 0.174. The maximum Gasteiger partial charge on any atom is 0.416 e. The van der Waals surface area contributed by atoms with Gasteiger partial charge in [0.25, 0.3) is 0 Å². The summed E-state index contributed by atoms with van der Waals surface area (Å²) in [4.78, 5) is 23.5. The Labute approximate surface area is 144 Å². The molecule has 138 valence electrons. The molecule has 1 fully saturated rings. The number of aliphatic carboxylic acids is 1. The Bertz CT molecular complexity index is 653. The Kier molecular flexibility index (Phi) is 5.44. The van der Waals surface area contributed by atoms with Gasteiger partial charge in [-0.25, -0.2) is 0 Å². The van der Waals surface area contributed by atoms with E-state index in [0.717, 1.165) is 12.1 Å². The molecule has 1 saturated carbocycles. The van der Waals surface area contributed by atoms with E-state index < -0.39 is 29.2 Å². The number of rotatable bonds is 7. The van der Waals surface area contributed by atoms with Gasteiger partial charge in [-0.2, -0.15) is 13.2 Å². The van der Waals surface area contributed by atoms with E-state index in [1.165, 1.54) is 6.07 Å². The Morgan fingerprint density at radius 3 is 2.40 bits per heavy atom. The summed E-state index contributed by atoms with van der Waals surface area (Å²) < 4.78 is 38.4. The molecule has 1 aliphatic carbocycles. The van der Waals surface area contributed by atoms with Crippen LogP contribution in [0.2, 0.25) is 0 Å². The van der Waals surface area contributed by atoms with Crippen LogP contribution < -0.4 is 5.32 Å². The fourth-order valence-electron chi connectivity index (χ4n) is 3.16. The van der Waals surface area contributed by atoms with Gasteiger partial charge in [-0.05, 0) is 36.8 Å². The number of alkyl halides is 3. The molecule has 2 rings (SSSR count). The standard InChI is InChI=1S/C18H22F3NO3/c1-3-17(4-2,10-15(23)24)22-16(25)14-9-13(14)11-6-5-7-12(8-11)18(19,20)21/h5-8,13-14H,3-4,9-10H2,1-2H3,(H,22,25)(H,23,24). The van der Waals surface area contributed by atoms with Gasteiger partial charge in [0.2, 0.25) is 5.91 Å². The van der Waals surface area contributed by atoms with Crippen molar-refractivity contribution in [3.8, 4) is 0 Å². The van der Waals surface area contributed by atoms with Crippen molar-refractivity contribution in [2.75, 3.05) is 0 Å². The van der Waals surface area contributed by atoms with E-state index in [-0.39, 0.29) is 18.2 Å². The summed E-state index contributed by atoms with van der Waals surface area (Å²) in [6.07, 6.45) is -3.16. The van der Waals surface area contributed by atoms with Crippen LogP contribution >= 0.6 is 0 Å². The molecule has 0 radical (unpaired) electrons. The largest absolute Gasteiger partial charge is 0.481 e. The zero-order chi connectivity index (χ0) is 18.8. The van der Waals surface area contributed by atoms with Crippen LogP contribution in [0.5, 0.6) is 0 Å². The molecule has 1 aliphatic rings. The number of carboxylic acid groups (broad SMARTS) is 1. The second kappa shape index (κ2) is 7.06. The predicted molar refractivity (Wildman–Crippen MR) is 86.0 cm³/mol. The lowest BCUT2D eigenvalue weighted by molar-refractivity contribution is -0.139. The molecule has 0 bridgehead atoms. The molecule has 0 aromatic heterocycles. The van der Waals surface area contributed by atoms with Gasteiger partial charge < -0.3 is 10.4 Å². The molecule has 25 heavy (non-hydrogen) atoms. The number of carboxylic acids is 1. The molecule has 0 heterocycles. The molecule has 1 aromatic rings. The second-order valence-corrected chi connectivity index (χ2v) is 6.62. The highest BCUT2D eigenvalue weighted by Gasteiger charge is 2.46. The maximum absolute atomic E-state index is 12.8. The molecule has 0 saturated heterocycles. The monoisotopic (exact) mass is 357 g/mol. The van der Waals surface area contributed by atoms with E-state index in [1.807, 2.05) is 13.8 Å². The predicted octanol–water partition coefficient (Wildman–Crippen LogP) is 3.96. The van der Waals surface area contributed by atoms with E-state index in [2.05, 4.69) is 5.32 Å². The van der Waals surface area contributed by atoms with Crippen LogP contribution in [0.25, 0.3) is 0 Å². The minimum atomic E-state index is -4.41. The van der Waals surface area contributed by atoms with Crippen LogP contribution in [0.4, 0.5) is 13.2 Å². The normalized spacial score (nSPS) is 20.2. The fraction of sp³-hybridized carbons (Fsp3) is 0.556. The van der Waals surface area contributed by atoms with Crippen molar-refractivity contribution in [3.05, 3.63) is 35.4 Å². The molecular weight excluding hydrogens is 335 g/mol. The molecule has 0 aliphatic heterocycles. The van der Waals surface area contributed by atoms with E-state index in [0.29, 0.717) is 24.8 Å². The molecule has 0 spiro atoms. The Morgan fingerprint density at radius 1 is 1.24 bits per heavy atom. The lowest BCUT2D eigenvalue weighted by atomic mass is 9.88. The summed E-state index contributed by atoms with van der Waals surface area (Å²) in [5.74, 6) is -1.94. The van der Waals surface area contributed by atoms with Gasteiger partial charge in [-0.3, -0.25) is 9.59 Å². The number of hydrogen-bond donors (Lipinski definition) is 2. The van der Waals surface area contributed by atoms with Crippen LogP contribution in [0.1, 0.15) is 56.6 Å². The first kappa shape index (κ1) is 19.3. The highest BCUT2D eigenvalue weighted by atomic mass is 19.4. The van der Waals surface area contributed by atoms with Crippen molar-refractivity contribution in [2.45, 2.75) is 57.2 Å². The first-order chi connectivity index (χ1) is 11.6. The van der Waals surface area contributed by atoms with Crippen LogP contribution in [0.15, 0.2) is 24.3 Å². The lowest BCUT2D eigenvalue weighted by Gasteiger charge is -2.31. The van der Waals surface area contributed by atoms with Gasteiger partial charge in [0.15, 0.2) is 0 Å². The minimum Gasteiger partial charge on any atom is -0.481 e. The van der Waals surface area contributed by atoms with Gasteiger partial charge in [0.1, 0.15) is 0 Å². The van der Waals surface area contributed by atoms with Gasteiger partial charge in [-0.15, -0.1) is 0 Å². The molecular formula is C18H22F3NO3. The van der Waals surface area contributed by atoms with Gasteiger partial charge in [0, 0.05) is 11.5 Å². The molecule has 4 nitrogen and oxygen atoms in total. The van der Waals surface area contributed by atoms with Gasteiger partial charge in [-0.1, -0.05) is 32.0 Å². The Hall–Kier alpha value is -2.05. The van der Waals surface area contributed by atoms with Crippen molar-refractivity contribution >= 4 is 11.9 Å². The number of carbonyl (C=O) groups is 2. The third kappa shape index (κ3) is 4.52.